The second-order valence-electron chi connectivity index (χ2n) is 7.01. The number of pyridine rings is 1. The van der Waals surface area contributed by atoms with Crippen molar-refractivity contribution < 1.29 is 5.21 Å². The lowest BCUT2D eigenvalue weighted by molar-refractivity contribution is 0.272. The van der Waals surface area contributed by atoms with Crippen molar-refractivity contribution in [2.24, 2.45) is 5.16 Å². The molecule has 144 valence electrons. The average molecular weight is 396 g/mol. The molecule has 1 aromatic carbocycles. The Bertz CT molecular complexity index is 960. The van der Waals surface area contributed by atoms with Crippen LogP contribution < -0.4 is 0 Å². The first kappa shape index (κ1) is 18.5. The molecule has 2 N–H and O–H groups in total. The summed E-state index contributed by atoms with van der Waals surface area (Å²) in [6.45, 7) is 3.54. The minimum absolute atomic E-state index is 0.361. The Morgan fingerprint density at radius 2 is 1.79 bits per heavy atom. The number of hydrogen-bond donors (Lipinski definition) is 2. The lowest BCUT2D eigenvalue weighted by Gasteiger charge is -2.32. The largest absolute Gasteiger partial charge is 0.409 e. The van der Waals surface area contributed by atoms with Crippen molar-refractivity contribution in [2.45, 2.75) is 25.7 Å². The topological polar surface area (TPSA) is 77.4 Å². The zero-order valence-electron chi connectivity index (χ0n) is 15.6. The lowest BCUT2D eigenvalue weighted by Crippen LogP contribution is -2.36. The van der Waals surface area contributed by atoms with Crippen LogP contribution in [0.25, 0.3) is 22.4 Å². The number of halogens is 1. The normalized spacial score (nSPS) is 15.8. The van der Waals surface area contributed by atoms with Crippen LogP contribution in [0.2, 0.25) is 5.02 Å². The number of rotatable bonds is 3. The second kappa shape index (κ2) is 8.02. The van der Waals surface area contributed by atoms with Gasteiger partial charge in [-0.05, 0) is 49.6 Å². The summed E-state index contributed by atoms with van der Waals surface area (Å²) in [7, 11) is 0. The van der Waals surface area contributed by atoms with Crippen molar-refractivity contribution in [1.82, 2.24) is 20.1 Å². The highest BCUT2D eigenvalue weighted by molar-refractivity contribution is 6.30. The molecule has 0 amide bonds. The van der Waals surface area contributed by atoms with E-state index >= 15 is 0 Å². The molecule has 0 radical (unpaired) electrons. The van der Waals surface area contributed by atoms with E-state index in [0.29, 0.717) is 16.8 Å². The van der Waals surface area contributed by atoms with Gasteiger partial charge in [0.15, 0.2) is 0 Å². The van der Waals surface area contributed by atoms with Crippen LogP contribution in [0.15, 0.2) is 53.9 Å². The van der Waals surface area contributed by atoms with Gasteiger partial charge in [0.05, 0.1) is 0 Å². The number of aromatic nitrogens is 3. The Hall–Kier alpha value is -2.86. The Morgan fingerprint density at radius 1 is 1.11 bits per heavy atom. The van der Waals surface area contributed by atoms with Gasteiger partial charge in [-0.3, -0.25) is 10.1 Å². The van der Waals surface area contributed by atoms with Crippen LogP contribution in [0.5, 0.6) is 0 Å². The van der Waals surface area contributed by atoms with Crippen molar-refractivity contribution in [3.8, 4) is 22.4 Å². The summed E-state index contributed by atoms with van der Waals surface area (Å²) in [5.74, 6) is 1.03. The summed E-state index contributed by atoms with van der Waals surface area (Å²) in [5.41, 5.74) is 5.32. The third-order valence-electron chi connectivity index (χ3n) is 5.39. The third kappa shape index (κ3) is 3.60. The monoisotopic (exact) mass is 395 g/mol. The molecule has 1 aliphatic heterocycles. The van der Waals surface area contributed by atoms with Crippen molar-refractivity contribution in [2.75, 3.05) is 13.1 Å². The van der Waals surface area contributed by atoms with Gasteiger partial charge in [-0.1, -0.05) is 28.9 Å². The molecule has 0 spiro atoms. The number of benzene rings is 1. The average Bonchev–Trinajstić information content (AvgIpc) is 3.19. The highest BCUT2D eigenvalue weighted by Gasteiger charge is 2.27. The van der Waals surface area contributed by atoms with E-state index in [0.717, 1.165) is 54.0 Å². The van der Waals surface area contributed by atoms with E-state index in [2.05, 4.69) is 25.2 Å². The Labute approximate surface area is 168 Å². The molecule has 28 heavy (non-hydrogen) atoms. The van der Waals surface area contributed by atoms with Crippen LogP contribution in [0.4, 0.5) is 0 Å². The summed E-state index contributed by atoms with van der Waals surface area (Å²) in [4.78, 5) is 6.27. The van der Waals surface area contributed by atoms with Crippen molar-refractivity contribution in [1.29, 1.82) is 0 Å². The molecular formula is C21H22ClN5O. The molecule has 3 aromatic rings. The van der Waals surface area contributed by atoms with Gasteiger partial charge in [-0.15, -0.1) is 0 Å². The fourth-order valence-corrected chi connectivity index (χ4v) is 3.96. The first-order valence-electron chi connectivity index (χ1n) is 9.35. The maximum absolute atomic E-state index is 9.03. The number of hydrogen-bond acceptors (Lipinski definition) is 4. The number of nitrogens with zero attached hydrogens (tertiary/aromatic N) is 4. The Kier molecular flexibility index (Phi) is 5.30. The SMILES string of the molecule is C/C(=N\O)N1CCC(c2[nH]nc(-c3ccc(Cl)cc3)c2-c2ccncc2)CC1. The maximum Gasteiger partial charge on any atom is 0.141 e. The summed E-state index contributed by atoms with van der Waals surface area (Å²) >= 11 is 6.07. The molecule has 4 rings (SSSR count). The summed E-state index contributed by atoms with van der Waals surface area (Å²) in [6, 6.07) is 11.8. The molecule has 0 unspecified atom stereocenters. The van der Waals surface area contributed by atoms with Crippen LogP contribution in [-0.4, -0.2) is 44.2 Å². The standard InChI is InChI=1S/C21H22ClN5O/c1-14(26-28)27-12-8-17(9-13-27)21-19(15-6-10-23-11-7-15)20(24-25-21)16-2-4-18(22)5-3-16/h2-7,10-11,17,28H,8-9,12-13H2,1H3,(H,24,25)/b26-14+. The number of H-pyrrole nitrogens is 1. The highest BCUT2D eigenvalue weighted by Crippen LogP contribution is 2.39. The smallest absolute Gasteiger partial charge is 0.141 e. The number of likely N-dealkylation sites (tertiary alicyclic amines) is 1. The number of amidine groups is 1. The molecule has 0 bridgehead atoms. The number of oxime groups is 1. The van der Waals surface area contributed by atoms with E-state index in [1.807, 2.05) is 43.3 Å². The number of nitrogens with one attached hydrogen (secondary N) is 1. The minimum atomic E-state index is 0.361. The van der Waals surface area contributed by atoms with Gasteiger partial charge in [0.1, 0.15) is 11.5 Å². The summed E-state index contributed by atoms with van der Waals surface area (Å²) in [5, 5.41) is 21.0. The first-order chi connectivity index (χ1) is 13.7. The zero-order chi connectivity index (χ0) is 19.5. The van der Waals surface area contributed by atoms with E-state index in [-0.39, 0.29) is 0 Å². The van der Waals surface area contributed by atoms with E-state index < -0.39 is 0 Å². The molecule has 7 heteroatoms. The molecule has 1 aliphatic rings. The fraction of sp³-hybridized carbons (Fsp3) is 0.286. The van der Waals surface area contributed by atoms with Gasteiger partial charge in [0.2, 0.25) is 0 Å². The maximum atomic E-state index is 9.03. The molecule has 1 saturated heterocycles. The molecule has 1 fully saturated rings. The van der Waals surface area contributed by atoms with Crippen molar-refractivity contribution in [3.63, 3.8) is 0 Å². The zero-order valence-corrected chi connectivity index (χ0v) is 16.4. The minimum Gasteiger partial charge on any atom is -0.409 e. The predicted octanol–water partition coefficient (Wildman–Crippen LogP) is 4.78. The number of aromatic amines is 1. The van der Waals surface area contributed by atoms with Crippen LogP contribution in [0.3, 0.4) is 0 Å². The van der Waals surface area contributed by atoms with E-state index in [1.54, 1.807) is 12.4 Å². The van der Waals surface area contributed by atoms with Gasteiger partial charge in [-0.25, -0.2) is 0 Å². The predicted molar refractivity (Wildman–Crippen MR) is 111 cm³/mol. The van der Waals surface area contributed by atoms with Gasteiger partial charge >= 0.3 is 0 Å². The Morgan fingerprint density at radius 3 is 2.43 bits per heavy atom. The molecule has 0 saturated carbocycles. The lowest BCUT2D eigenvalue weighted by atomic mass is 9.87. The van der Waals surface area contributed by atoms with Crippen LogP contribution in [-0.2, 0) is 0 Å². The Balaban J connectivity index is 1.71. The van der Waals surface area contributed by atoms with E-state index in [9.17, 15) is 0 Å². The van der Waals surface area contributed by atoms with Gasteiger partial charge in [-0.2, -0.15) is 5.10 Å². The highest BCUT2D eigenvalue weighted by atomic mass is 35.5. The second-order valence-corrected chi connectivity index (χ2v) is 7.45. The third-order valence-corrected chi connectivity index (χ3v) is 5.64. The number of piperidine rings is 1. The van der Waals surface area contributed by atoms with Crippen molar-refractivity contribution >= 4 is 17.4 Å². The fourth-order valence-electron chi connectivity index (χ4n) is 3.83. The molecule has 6 nitrogen and oxygen atoms in total. The molecule has 0 atom stereocenters. The summed E-state index contributed by atoms with van der Waals surface area (Å²) in [6.07, 6.45) is 5.54. The van der Waals surface area contributed by atoms with Crippen molar-refractivity contribution in [3.05, 3.63) is 59.5 Å². The quantitative estimate of drug-likeness (QED) is 0.289. The van der Waals surface area contributed by atoms with Gasteiger partial charge in [0.25, 0.3) is 0 Å². The van der Waals surface area contributed by atoms with E-state index in [1.165, 1.54) is 0 Å². The van der Waals surface area contributed by atoms with Crippen LogP contribution >= 0.6 is 11.6 Å². The first-order valence-corrected chi connectivity index (χ1v) is 9.73. The van der Waals surface area contributed by atoms with E-state index in [4.69, 9.17) is 16.8 Å². The molecule has 0 aliphatic carbocycles. The van der Waals surface area contributed by atoms with Gasteiger partial charge in [0, 0.05) is 53.2 Å². The molecule has 3 heterocycles. The van der Waals surface area contributed by atoms with Crippen LogP contribution in [0.1, 0.15) is 31.4 Å². The summed E-state index contributed by atoms with van der Waals surface area (Å²) < 4.78 is 0. The van der Waals surface area contributed by atoms with Gasteiger partial charge < -0.3 is 10.1 Å². The molecular weight excluding hydrogens is 374 g/mol. The molecule has 2 aromatic heterocycles. The van der Waals surface area contributed by atoms with Crippen LogP contribution in [0, 0.1) is 0 Å².